The van der Waals surface area contributed by atoms with Gasteiger partial charge in [0.2, 0.25) is 17.6 Å². The summed E-state index contributed by atoms with van der Waals surface area (Å²) in [6, 6.07) is 3.15. The van der Waals surface area contributed by atoms with Gasteiger partial charge in [-0.25, -0.2) is 15.0 Å². The lowest BCUT2D eigenvalue weighted by Gasteiger charge is -2.71. The van der Waals surface area contributed by atoms with Gasteiger partial charge >= 0.3 is 0 Å². The van der Waals surface area contributed by atoms with Gasteiger partial charge in [-0.1, -0.05) is 6.92 Å². The topological polar surface area (TPSA) is 173 Å². The molecular formula is C35H40N10O5. The molecule has 2 bridgehead atoms. The van der Waals surface area contributed by atoms with Crippen LogP contribution in [0.1, 0.15) is 73.7 Å². The summed E-state index contributed by atoms with van der Waals surface area (Å²) in [5, 5.41) is 18.6. The van der Waals surface area contributed by atoms with Gasteiger partial charge in [0.05, 0.1) is 24.5 Å². The predicted octanol–water partition coefficient (Wildman–Crippen LogP) is 2.27. The van der Waals surface area contributed by atoms with E-state index in [-0.39, 0.29) is 58.8 Å². The van der Waals surface area contributed by atoms with Crippen molar-refractivity contribution in [1.29, 1.82) is 0 Å². The Morgan fingerprint density at radius 1 is 1.08 bits per heavy atom. The number of aryl methyl sites for hydroxylation is 1. The van der Waals surface area contributed by atoms with Crippen molar-refractivity contribution in [2.24, 2.45) is 11.3 Å². The van der Waals surface area contributed by atoms with Crippen LogP contribution < -0.4 is 20.5 Å². The van der Waals surface area contributed by atoms with E-state index in [9.17, 15) is 19.5 Å². The number of amides is 2. The van der Waals surface area contributed by atoms with Crippen molar-refractivity contribution in [2.75, 3.05) is 25.1 Å². The van der Waals surface area contributed by atoms with Crippen LogP contribution in [0.4, 0.5) is 5.69 Å². The first-order valence-electron chi connectivity index (χ1n) is 17.6. The molecule has 0 spiro atoms. The number of piperazine rings is 1. The molecule has 10 rings (SSSR count). The molecule has 0 radical (unpaired) electrons. The number of aromatic hydroxyl groups is 1. The highest BCUT2D eigenvalue weighted by molar-refractivity contribution is 5.95. The molecule has 1 saturated heterocycles. The number of nitrogens with zero attached hydrogens (tertiary/aromatic N) is 9. The number of methoxy groups -OCH3 is 1. The van der Waals surface area contributed by atoms with Crippen molar-refractivity contribution in [2.45, 2.75) is 89.4 Å². The number of ether oxygens (including phenoxy) is 1. The van der Waals surface area contributed by atoms with Crippen LogP contribution in [0.5, 0.6) is 11.6 Å². The predicted molar refractivity (Wildman–Crippen MR) is 180 cm³/mol. The van der Waals surface area contributed by atoms with Crippen LogP contribution >= 0.6 is 0 Å². The normalized spacial score (nSPS) is 26.5. The highest BCUT2D eigenvalue weighted by atomic mass is 16.5. The zero-order chi connectivity index (χ0) is 34.5. The Labute approximate surface area is 287 Å². The Balaban J connectivity index is 1.08. The number of pyridine rings is 1. The van der Waals surface area contributed by atoms with Gasteiger partial charge in [-0.05, 0) is 75.7 Å². The molecule has 50 heavy (non-hydrogen) atoms. The van der Waals surface area contributed by atoms with Gasteiger partial charge in [0, 0.05) is 42.5 Å². The lowest BCUT2D eigenvalue weighted by molar-refractivity contribution is -0.176. The highest BCUT2D eigenvalue weighted by Crippen LogP contribution is 2.75. The van der Waals surface area contributed by atoms with Gasteiger partial charge < -0.3 is 29.5 Å². The number of fused-ring (bicyclic) bond motifs is 2. The van der Waals surface area contributed by atoms with E-state index in [4.69, 9.17) is 9.72 Å². The third-order valence-corrected chi connectivity index (χ3v) is 11.9. The molecule has 5 heterocycles. The fourth-order valence-electron chi connectivity index (χ4n) is 9.32. The first-order valence-corrected chi connectivity index (χ1v) is 17.6. The molecule has 15 nitrogen and oxygen atoms in total. The highest BCUT2D eigenvalue weighted by Gasteiger charge is 2.72. The van der Waals surface area contributed by atoms with Gasteiger partial charge in [0.1, 0.15) is 18.6 Å². The van der Waals surface area contributed by atoms with E-state index in [2.05, 4.69) is 30.3 Å². The molecule has 5 aliphatic carbocycles. The van der Waals surface area contributed by atoms with E-state index in [0.717, 1.165) is 38.0 Å². The minimum absolute atomic E-state index is 0.00514. The number of carbonyl (C=O) groups is 2. The second kappa shape index (κ2) is 11.0. The second-order valence-corrected chi connectivity index (χ2v) is 14.8. The van der Waals surface area contributed by atoms with Crippen molar-refractivity contribution >= 4 is 23.3 Å². The number of rotatable bonds is 9. The van der Waals surface area contributed by atoms with Crippen LogP contribution in [0.3, 0.4) is 0 Å². The Hall–Kier alpha value is -5.08. The molecule has 6 fully saturated rings. The molecule has 2 amide bonds. The zero-order valence-corrected chi connectivity index (χ0v) is 28.4. The molecule has 1 aliphatic heterocycles. The Morgan fingerprint density at radius 3 is 2.56 bits per heavy atom. The quantitative estimate of drug-likeness (QED) is 0.266. The smallest absolute Gasteiger partial charge is 0.299 e. The molecule has 2 N–H and O–H groups in total. The first-order chi connectivity index (χ1) is 24.1. The van der Waals surface area contributed by atoms with Crippen molar-refractivity contribution in [3.63, 3.8) is 0 Å². The Bertz CT molecular complexity index is 2120. The third-order valence-electron chi connectivity index (χ3n) is 11.9. The lowest BCUT2D eigenvalue weighted by atomic mass is 9.37. The minimum Gasteiger partial charge on any atom is -0.504 e. The van der Waals surface area contributed by atoms with Crippen molar-refractivity contribution in [1.82, 2.24) is 44.3 Å². The fourth-order valence-corrected chi connectivity index (χ4v) is 9.32. The molecule has 260 valence electrons. The molecule has 0 aromatic carbocycles. The molecule has 4 aromatic heterocycles. The lowest BCUT2D eigenvalue weighted by Crippen LogP contribution is -2.75. The summed E-state index contributed by atoms with van der Waals surface area (Å²) < 4.78 is 8.47. The zero-order valence-electron chi connectivity index (χ0n) is 28.4. The SMILES string of the molecule is CCc1c(N2CCN(C(=O)c3ncnc(C)c3O)[C@H]3CC[C@@H]32)c(=O)n2nc(-c3ccnc(OC)c3)nc2n1CC(=O)NC12CC(C3CC3)(C1)C2. The van der Waals surface area contributed by atoms with E-state index in [1.807, 2.05) is 11.5 Å². The standard InChI is InChI=1S/C35H40N10O5/c1-4-22-28(42-11-12-43(24-8-7-23(24)42)31(48)27-29(47)19(2)37-18-38-27)32(49)45-33(39-30(41-45)20-9-10-36-26(13-20)50-3)44(22)14-25(46)40-35-15-34(16-35,17-35)21-5-6-21/h9-10,13,18,21,23-24,47H,4-8,11-12,14-17H2,1-3H3,(H,40,46)/t23-,24-,34?,35?/m0/s1. The Morgan fingerprint density at radius 2 is 1.86 bits per heavy atom. The number of hydrogen-bond donors (Lipinski definition) is 2. The number of hydrogen-bond acceptors (Lipinski definition) is 11. The van der Waals surface area contributed by atoms with Crippen LogP contribution in [0.25, 0.3) is 17.2 Å². The molecule has 4 aromatic rings. The number of carbonyl (C=O) groups excluding carboxylic acids is 2. The van der Waals surface area contributed by atoms with E-state index >= 15 is 0 Å². The van der Waals surface area contributed by atoms with Gasteiger partial charge in [-0.2, -0.15) is 9.50 Å². The van der Waals surface area contributed by atoms with Crippen LogP contribution in [0.15, 0.2) is 29.5 Å². The number of anilines is 1. The van der Waals surface area contributed by atoms with E-state index in [1.54, 1.807) is 30.2 Å². The molecule has 5 saturated carbocycles. The minimum atomic E-state index is -0.353. The van der Waals surface area contributed by atoms with Gasteiger partial charge in [-0.15, -0.1) is 5.10 Å². The summed E-state index contributed by atoms with van der Waals surface area (Å²) in [5.74, 6) is 1.15. The summed E-state index contributed by atoms with van der Waals surface area (Å²) in [4.78, 5) is 63.0. The van der Waals surface area contributed by atoms with E-state index < -0.39 is 0 Å². The van der Waals surface area contributed by atoms with Crippen LogP contribution in [0.2, 0.25) is 0 Å². The average Bonchev–Trinajstić information content (AvgIpc) is 3.81. The maximum Gasteiger partial charge on any atom is 0.299 e. The van der Waals surface area contributed by atoms with Gasteiger partial charge in [0.15, 0.2) is 17.3 Å². The third kappa shape index (κ3) is 4.54. The fraction of sp³-hybridized carbons (Fsp3) is 0.543. The average molecular weight is 681 g/mol. The number of aromatic nitrogens is 7. The van der Waals surface area contributed by atoms with E-state index in [1.165, 1.54) is 30.8 Å². The van der Waals surface area contributed by atoms with Crippen LogP contribution in [-0.4, -0.2) is 93.8 Å². The van der Waals surface area contributed by atoms with E-state index in [0.29, 0.717) is 59.3 Å². The summed E-state index contributed by atoms with van der Waals surface area (Å²) >= 11 is 0. The van der Waals surface area contributed by atoms with Crippen molar-refractivity contribution in [3.8, 4) is 23.0 Å². The maximum atomic E-state index is 14.5. The summed E-state index contributed by atoms with van der Waals surface area (Å²) in [5.41, 5.74) is 2.12. The van der Waals surface area contributed by atoms with Crippen LogP contribution in [-0.2, 0) is 17.8 Å². The van der Waals surface area contributed by atoms with Crippen molar-refractivity contribution < 1.29 is 19.4 Å². The van der Waals surface area contributed by atoms with Crippen LogP contribution in [0, 0.1) is 18.3 Å². The first kappa shape index (κ1) is 30.9. The van der Waals surface area contributed by atoms with Crippen molar-refractivity contribution in [3.05, 3.63) is 52.1 Å². The molecule has 15 heteroatoms. The summed E-state index contributed by atoms with van der Waals surface area (Å²) in [6.45, 7) is 4.31. The molecular weight excluding hydrogens is 640 g/mol. The molecule has 2 atom stereocenters. The molecule has 0 unspecified atom stereocenters. The monoisotopic (exact) mass is 680 g/mol. The summed E-state index contributed by atoms with van der Waals surface area (Å²) in [7, 11) is 1.53. The number of nitrogens with one attached hydrogen (secondary N) is 1. The molecule has 6 aliphatic rings. The maximum absolute atomic E-state index is 14.5. The van der Waals surface area contributed by atoms with Gasteiger partial charge in [0.25, 0.3) is 11.5 Å². The van der Waals surface area contributed by atoms with Gasteiger partial charge in [-0.3, -0.25) is 14.4 Å². The Kier molecular flexibility index (Phi) is 6.78. The largest absolute Gasteiger partial charge is 0.504 e. The second-order valence-electron chi connectivity index (χ2n) is 14.8. The summed E-state index contributed by atoms with van der Waals surface area (Å²) in [6.07, 6.45) is 10.7.